The first-order valence-electron chi connectivity index (χ1n) is 9.66. The number of hydrogen-bond donors (Lipinski definition) is 3. The standard InChI is InChI=1S/C22H27N3O4S/c1-15(2)12-13-28-18-10-8-17(9-11-18)21(27)23-22(30)25-24-20(26)14-29-19-7-5-4-6-16(19)3/h4-11,15H,12-14H2,1-3H3,(H,24,26)(H2,23,25,27,30). The van der Waals surface area contributed by atoms with Crippen molar-refractivity contribution >= 4 is 29.1 Å². The molecule has 0 saturated carbocycles. The Labute approximate surface area is 182 Å². The zero-order chi connectivity index (χ0) is 21.9. The highest BCUT2D eigenvalue weighted by Gasteiger charge is 2.10. The molecule has 7 nitrogen and oxygen atoms in total. The number of rotatable bonds is 8. The van der Waals surface area contributed by atoms with Gasteiger partial charge >= 0.3 is 0 Å². The highest BCUT2D eigenvalue weighted by atomic mass is 32.1. The molecule has 0 atom stereocenters. The third-order valence-electron chi connectivity index (χ3n) is 4.08. The van der Waals surface area contributed by atoms with Crippen LogP contribution in [0.15, 0.2) is 48.5 Å². The van der Waals surface area contributed by atoms with E-state index >= 15 is 0 Å². The van der Waals surface area contributed by atoms with E-state index in [2.05, 4.69) is 30.0 Å². The number of thiocarbonyl (C=S) groups is 1. The summed E-state index contributed by atoms with van der Waals surface area (Å²) in [6.45, 7) is 6.60. The van der Waals surface area contributed by atoms with Crippen LogP contribution in [0, 0.1) is 12.8 Å². The first kappa shape index (κ1) is 23.2. The minimum atomic E-state index is -0.433. The molecule has 2 aromatic carbocycles. The minimum Gasteiger partial charge on any atom is -0.494 e. The zero-order valence-corrected chi connectivity index (χ0v) is 18.2. The average molecular weight is 430 g/mol. The third-order valence-corrected chi connectivity index (χ3v) is 4.28. The van der Waals surface area contributed by atoms with Gasteiger partial charge in [-0.15, -0.1) is 0 Å². The lowest BCUT2D eigenvalue weighted by molar-refractivity contribution is -0.123. The van der Waals surface area contributed by atoms with Crippen molar-refractivity contribution in [3.8, 4) is 11.5 Å². The monoisotopic (exact) mass is 429 g/mol. The van der Waals surface area contributed by atoms with Crippen LogP contribution in [0.1, 0.15) is 36.2 Å². The van der Waals surface area contributed by atoms with E-state index in [1.165, 1.54) is 0 Å². The Bertz CT molecular complexity index is 869. The summed E-state index contributed by atoms with van der Waals surface area (Å²) in [6, 6.07) is 14.1. The Morgan fingerprint density at radius 3 is 2.37 bits per heavy atom. The molecule has 0 unspecified atom stereocenters. The van der Waals surface area contributed by atoms with Gasteiger partial charge in [0.15, 0.2) is 11.7 Å². The lowest BCUT2D eigenvalue weighted by Gasteiger charge is -2.12. The minimum absolute atomic E-state index is 0.0264. The van der Waals surface area contributed by atoms with Crippen LogP contribution in [-0.4, -0.2) is 30.1 Å². The van der Waals surface area contributed by atoms with Crippen molar-refractivity contribution < 1.29 is 19.1 Å². The molecule has 0 spiro atoms. The topological polar surface area (TPSA) is 88.7 Å². The van der Waals surface area contributed by atoms with Gasteiger partial charge in [-0.1, -0.05) is 32.0 Å². The fraction of sp³-hybridized carbons (Fsp3) is 0.318. The van der Waals surface area contributed by atoms with Gasteiger partial charge in [0.1, 0.15) is 11.5 Å². The first-order chi connectivity index (χ1) is 14.3. The Hall–Kier alpha value is -3.13. The summed E-state index contributed by atoms with van der Waals surface area (Å²) in [5, 5.41) is 2.47. The van der Waals surface area contributed by atoms with Crippen molar-refractivity contribution in [1.29, 1.82) is 0 Å². The number of hydrogen-bond acceptors (Lipinski definition) is 5. The summed E-state index contributed by atoms with van der Waals surface area (Å²) in [4.78, 5) is 24.1. The number of carbonyl (C=O) groups excluding carboxylic acids is 2. The molecule has 0 fully saturated rings. The van der Waals surface area contributed by atoms with E-state index in [-0.39, 0.29) is 11.7 Å². The predicted molar refractivity (Wildman–Crippen MR) is 119 cm³/mol. The van der Waals surface area contributed by atoms with E-state index in [1.807, 2.05) is 25.1 Å². The van der Waals surface area contributed by atoms with Crippen LogP contribution in [0.2, 0.25) is 0 Å². The zero-order valence-electron chi connectivity index (χ0n) is 17.4. The van der Waals surface area contributed by atoms with Crippen LogP contribution in [0.25, 0.3) is 0 Å². The van der Waals surface area contributed by atoms with Crippen LogP contribution in [0.4, 0.5) is 0 Å². The van der Waals surface area contributed by atoms with Gasteiger partial charge in [0.25, 0.3) is 11.8 Å². The molecule has 160 valence electrons. The molecule has 30 heavy (non-hydrogen) atoms. The fourth-order valence-corrected chi connectivity index (χ4v) is 2.49. The molecule has 0 aliphatic carbocycles. The number of para-hydroxylation sites is 1. The summed E-state index contributed by atoms with van der Waals surface area (Å²) in [7, 11) is 0. The van der Waals surface area contributed by atoms with Gasteiger partial charge in [-0.2, -0.15) is 0 Å². The van der Waals surface area contributed by atoms with Gasteiger partial charge in [0.2, 0.25) is 0 Å². The Balaban J connectivity index is 1.71. The van der Waals surface area contributed by atoms with E-state index < -0.39 is 11.8 Å². The molecule has 3 N–H and O–H groups in total. The Kier molecular flexibility index (Phi) is 9.08. The maximum atomic E-state index is 12.2. The van der Waals surface area contributed by atoms with E-state index in [4.69, 9.17) is 21.7 Å². The molecule has 2 rings (SSSR count). The van der Waals surface area contributed by atoms with E-state index in [0.29, 0.717) is 29.6 Å². The number of nitrogens with one attached hydrogen (secondary N) is 3. The average Bonchev–Trinajstić information content (AvgIpc) is 2.72. The highest BCUT2D eigenvalue weighted by Crippen LogP contribution is 2.15. The van der Waals surface area contributed by atoms with Gasteiger partial charge in [0.05, 0.1) is 6.61 Å². The van der Waals surface area contributed by atoms with Crippen LogP contribution in [0.3, 0.4) is 0 Å². The molecule has 8 heteroatoms. The lowest BCUT2D eigenvalue weighted by Crippen LogP contribution is -2.49. The summed E-state index contributed by atoms with van der Waals surface area (Å²) in [5.41, 5.74) is 6.21. The lowest BCUT2D eigenvalue weighted by atomic mass is 10.1. The maximum absolute atomic E-state index is 12.2. The molecule has 0 radical (unpaired) electrons. The van der Waals surface area contributed by atoms with Crippen molar-refractivity contribution in [3.63, 3.8) is 0 Å². The van der Waals surface area contributed by atoms with E-state index in [1.54, 1.807) is 30.3 Å². The number of benzene rings is 2. The summed E-state index contributed by atoms with van der Waals surface area (Å²) < 4.78 is 11.1. The summed E-state index contributed by atoms with van der Waals surface area (Å²) >= 11 is 5.03. The van der Waals surface area contributed by atoms with E-state index in [9.17, 15) is 9.59 Å². The number of ether oxygens (including phenoxy) is 2. The fourth-order valence-electron chi connectivity index (χ4n) is 2.35. The van der Waals surface area contributed by atoms with Gasteiger partial charge in [-0.3, -0.25) is 25.8 Å². The van der Waals surface area contributed by atoms with Crippen LogP contribution >= 0.6 is 12.2 Å². The van der Waals surface area contributed by atoms with Crippen molar-refractivity contribution in [2.45, 2.75) is 27.2 Å². The van der Waals surface area contributed by atoms with E-state index in [0.717, 1.165) is 12.0 Å². The smallest absolute Gasteiger partial charge is 0.276 e. The molecule has 0 aliphatic heterocycles. The van der Waals surface area contributed by atoms with Gasteiger partial charge in [-0.05, 0) is 67.4 Å². The van der Waals surface area contributed by atoms with Crippen LogP contribution in [-0.2, 0) is 4.79 Å². The van der Waals surface area contributed by atoms with Gasteiger partial charge in [-0.25, -0.2) is 0 Å². The number of aryl methyl sites for hydroxylation is 1. The Morgan fingerprint density at radius 1 is 1.00 bits per heavy atom. The summed E-state index contributed by atoms with van der Waals surface area (Å²) in [6.07, 6.45) is 0.962. The predicted octanol–water partition coefficient (Wildman–Crippen LogP) is 3.13. The number of amides is 2. The summed E-state index contributed by atoms with van der Waals surface area (Å²) in [5.74, 6) is 1.07. The van der Waals surface area contributed by atoms with Crippen molar-refractivity contribution in [2.75, 3.05) is 13.2 Å². The molecule has 0 aromatic heterocycles. The molecule has 0 saturated heterocycles. The Morgan fingerprint density at radius 2 is 1.70 bits per heavy atom. The van der Waals surface area contributed by atoms with Crippen LogP contribution < -0.4 is 25.6 Å². The van der Waals surface area contributed by atoms with Gasteiger partial charge in [0, 0.05) is 5.56 Å². The normalized spacial score (nSPS) is 10.3. The second-order valence-corrected chi connectivity index (χ2v) is 7.47. The second-order valence-electron chi connectivity index (χ2n) is 7.07. The highest BCUT2D eigenvalue weighted by molar-refractivity contribution is 7.80. The molecule has 0 aliphatic rings. The number of carbonyl (C=O) groups is 2. The molecule has 2 aromatic rings. The third kappa shape index (κ3) is 8.08. The molecule has 2 amide bonds. The SMILES string of the molecule is Cc1ccccc1OCC(=O)NNC(=S)NC(=O)c1ccc(OCCC(C)C)cc1. The maximum Gasteiger partial charge on any atom is 0.276 e. The number of hydrazine groups is 1. The van der Waals surface area contributed by atoms with Crippen molar-refractivity contribution in [1.82, 2.24) is 16.2 Å². The van der Waals surface area contributed by atoms with Crippen molar-refractivity contribution in [2.24, 2.45) is 5.92 Å². The van der Waals surface area contributed by atoms with Gasteiger partial charge < -0.3 is 9.47 Å². The molecule has 0 bridgehead atoms. The molecular weight excluding hydrogens is 402 g/mol. The molecule has 0 heterocycles. The molecular formula is C22H27N3O4S. The quantitative estimate of drug-likeness (QED) is 0.441. The largest absolute Gasteiger partial charge is 0.494 e. The van der Waals surface area contributed by atoms with Crippen LogP contribution in [0.5, 0.6) is 11.5 Å². The first-order valence-corrected chi connectivity index (χ1v) is 10.1. The second kappa shape index (κ2) is 11.8. The van der Waals surface area contributed by atoms with Crippen molar-refractivity contribution in [3.05, 3.63) is 59.7 Å².